The second kappa shape index (κ2) is 13.0. The molecule has 0 aliphatic rings. The molecule has 0 N–H and O–H groups in total. The highest BCUT2D eigenvalue weighted by Crippen LogP contribution is 2.39. The lowest BCUT2D eigenvalue weighted by Crippen LogP contribution is -2.01. The highest BCUT2D eigenvalue weighted by Gasteiger charge is 2.18. The van der Waals surface area contributed by atoms with Crippen molar-refractivity contribution in [2.75, 3.05) is 0 Å². The van der Waals surface area contributed by atoms with Crippen molar-refractivity contribution in [1.29, 1.82) is 0 Å². The third-order valence-corrected chi connectivity index (χ3v) is 10.4. The number of hydrogen-bond donors (Lipinski definition) is 0. The summed E-state index contributed by atoms with van der Waals surface area (Å²) < 4.78 is 12.4. The molecule has 0 unspecified atom stereocenters. The molecule has 0 fully saturated rings. The summed E-state index contributed by atoms with van der Waals surface area (Å²) in [6.45, 7) is 0. The van der Waals surface area contributed by atoms with Gasteiger partial charge in [0.2, 0.25) is 0 Å². The van der Waals surface area contributed by atoms with Crippen LogP contribution in [0.3, 0.4) is 0 Å². The van der Waals surface area contributed by atoms with Crippen LogP contribution in [0.25, 0.3) is 111 Å². The Hall–Kier alpha value is -7.70. The van der Waals surface area contributed by atoms with Crippen molar-refractivity contribution in [2.45, 2.75) is 0 Å². The highest BCUT2D eigenvalue weighted by molar-refractivity contribution is 6.07. The molecule has 56 heavy (non-hydrogen) atoms. The third-order valence-electron chi connectivity index (χ3n) is 10.4. The Morgan fingerprint density at radius 2 is 0.804 bits per heavy atom. The van der Waals surface area contributed by atoms with Crippen molar-refractivity contribution in [3.8, 4) is 67.5 Å². The van der Waals surface area contributed by atoms with E-state index in [4.69, 9.17) is 23.8 Å². The molecule has 7 aromatic carbocycles. The number of para-hydroxylation sites is 2. The topological polar surface area (TPSA) is 77.8 Å². The Morgan fingerprint density at radius 3 is 1.43 bits per heavy atom. The molecule has 4 aromatic heterocycles. The largest absolute Gasteiger partial charge is 0.456 e. The van der Waals surface area contributed by atoms with E-state index in [1.165, 1.54) is 0 Å². The number of aromatic nitrogens is 4. The molecule has 4 heterocycles. The van der Waals surface area contributed by atoms with Crippen LogP contribution in [0.4, 0.5) is 0 Å². The van der Waals surface area contributed by atoms with Crippen molar-refractivity contribution in [2.24, 2.45) is 0 Å². The van der Waals surface area contributed by atoms with E-state index in [1.54, 1.807) is 6.20 Å². The van der Waals surface area contributed by atoms with Crippen molar-refractivity contribution in [3.63, 3.8) is 0 Å². The van der Waals surface area contributed by atoms with Gasteiger partial charge in [0.05, 0.1) is 0 Å². The van der Waals surface area contributed by atoms with Gasteiger partial charge in [0.1, 0.15) is 22.3 Å². The molecule has 6 nitrogen and oxygen atoms in total. The van der Waals surface area contributed by atoms with E-state index in [0.717, 1.165) is 93.9 Å². The quantitative estimate of drug-likeness (QED) is 0.170. The Morgan fingerprint density at radius 1 is 0.304 bits per heavy atom. The molecular formula is C50H30N4O2. The maximum absolute atomic E-state index is 6.21. The first-order valence-corrected chi connectivity index (χ1v) is 18.5. The van der Waals surface area contributed by atoms with Crippen molar-refractivity contribution in [1.82, 2.24) is 19.9 Å². The fraction of sp³-hybridized carbons (Fsp3) is 0. The van der Waals surface area contributed by atoms with Gasteiger partial charge in [0, 0.05) is 56.2 Å². The van der Waals surface area contributed by atoms with E-state index in [0.29, 0.717) is 17.5 Å². The molecule has 11 aromatic rings. The molecule has 0 amide bonds. The lowest BCUT2D eigenvalue weighted by molar-refractivity contribution is 0.668. The zero-order valence-corrected chi connectivity index (χ0v) is 29.9. The van der Waals surface area contributed by atoms with E-state index in [1.807, 2.05) is 91.1 Å². The monoisotopic (exact) mass is 718 g/mol. The van der Waals surface area contributed by atoms with Gasteiger partial charge in [-0.15, -0.1) is 0 Å². The number of hydrogen-bond acceptors (Lipinski definition) is 6. The number of rotatable bonds is 6. The van der Waals surface area contributed by atoms with Gasteiger partial charge < -0.3 is 8.83 Å². The molecule has 262 valence electrons. The number of benzene rings is 7. The highest BCUT2D eigenvalue weighted by atomic mass is 16.3. The van der Waals surface area contributed by atoms with Crippen LogP contribution in [0.2, 0.25) is 0 Å². The summed E-state index contributed by atoms with van der Waals surface area (Å²) in [6, 6.07) is 58.0. The van der Waals surface area contributed by atoms with Gasteiger partial charge in [0.25, 0.3) is 0 Å². The molecule has 0 aliphatic carbocycles. The van der Waals surface area contributed by atoms with Crippen LogP contribution in [-0.2, 0) is 0 Å². The summed E-state index contributed by atoms with van der Waals surface area (Å²) in [7, 11) is 0. The molecule has 0 radical (unpaired) electrons. The van der Waals surface area contributed by atoms with Crippen molar-refractivity contribution < 1.29 is 8.83 Å². The minimum atomic E-state index is 0.572. The summed E-state index contributed by atoms with van der Waals surface area (Å²) in [5, 5.41) is 4.30. The number of pyridine rings is 1. The number of nitrogens with zero attached hydrogens (tertiary/aromatic N) is 4. The second-order valence-corrected chi connectivity index (χ2v) is 13.9. The van der Waals surface area contributed by atoms with E-state index in [2.05, 4.69) is 89.9 Å². The van der Waals surface area contributed by atoms with Gasteiger partial charge in [-0.05, 0) is 88.5 Å². The normalized spacial score (nSPS) is 11.6. The first-order chi connectivity index (χ1) is 27.7. The van der Waals surface area contributed by atoms with Crippen LogP contribution < -0.4 is 0 Å². The zero-order valence-electron chi connectivity index (χ0n) is 29.9. The standard InChI is InChI=1S/C50H30N4O2/c1-2-11-31(12-3-1)48-52-49(54-50(53-48)41-17-5-4-14-38(41)34-13-10-24-51-30-34)37-26-35(32-20-22-46-42(28-32)39-15-6-8-18-44(39)55-46)25-36(27-37)33-21-23-47-43(29-33)40-16-7-9-19-45(40)56-47/h1-30H. The third kappa shape index (κ3) is 5.51. The van der Waals surface area contributed by atoms with Crippen LogP contribution in [0.1, 0.15) is 0 Å². The van der Waals surface area contributed by atoms with Crippen molar-refractivity contribution >= 4 is 43.9 Å². The van der Waals surface area contributed by atoms with Gasteiger partial charge in [-0.2, -0.15) is 0 Å². The van der Waals surface area contributed by atoms with E-state index in [9.17, 15) is 0 Å². The predicted octanol–water partition coefficient (Wildman–Crippen LogP) is 13.1. The minimum Gasteiger partial charge on any atom is -0.456 e. The maximum Gasteiger partial charge on any atom is 0.164 e. The summed E-state index contributed by atoms with van der Waals surface area (Å²) in [5.74, 6) is 1.75. The van der Waals surface area contributed by atoms with Crippen LogP contribution in [-0.4, -0.2) is 19.9 Å². The number of fused-ring (bicyclic) bond motifs is 6. The number of furan rings is 2. The molecule has 0 spiro atoms. The first kappa shape index (κ1) is 31.8. The van der Waals surface area contributed by atoms with E-state index >= 15 is 0 Å². The van der Waals surface area contributed by atoms with Crippen molar-refractivity contribution in [3.05, 3.63) is 182 Å². The average molecular weight is 719 g/mol. The van der Waals surface area contributed by atoms with Crippen LogP contribution in [0, 0.1) is 0 Å². The molecule has 11 rings (SSSR count). The minimum absolute atomic E-state index is 0.572. The Kier molecular flexibility index (Phi) is 7.38. The lowest BCUT2D eigenvalue weighted by atomic mass is 9.94. The molecule has 0 saturated heterocycles. The first-order valence-electron chi connectivity index (χ1n) is 18.5. The van der Waals surface area contributed by atoms with Gasteiger partial charge in [0.15, 0.2) is 17.5 Å². The molecule has 6 heteroatoms. The summed E-state index contributed by atoms with van der Waals surface area (Å²) >= 11 is 0. The van der Waals surface area contributed by atoms with Gasteiger partial charge in [-0.1, -0.05) is 109 Å². The van der Waals surface area contributed by atoms with Gasteiger partial charge in [-0.25, -0.2) is 15.0 Å². The Bertz CT molecular complexity index is 3130. The SMILES string of the molecule is c1ccc(-c2nc(-c3cc(-c4ccc5oc6ccccc6c5c4)cc(-c4ccc5oc6ccccc6c5c4)c3)nc(-c3ccccc3-c3cccnc3)n2)cc1. The molecule has 0 aliphatic heterocycles. The van der Waals surface area contributed by atoms with Crippen LogP contribution in [0.15, 0.2) is 191 Å². The van der Waals surface area contributed by atoms with Crippen LogP contribution >= 0.6 is 0 Å². The molecule has 0 atom stereocenters. The van der Waals surface area contributed by atoms with Gasteiger partial charge >= 0.3 is 0 Å². The van der Waals surface area contributed by atoms with Gasteiger partial charge in [-0.3, -0.25) is 4.98 Å². The molecular weight excluding hydrogens is 689 g/mol. The average Bonchev–Trinajstić information content (AvgIpc) is 3.84. The Balaban J connectivity index is 1.15. The van der Waals surface area contributed by atoms with E-state index in [-0.39, 0.29) is 0 Å². The fourth-order valence-corrected chi connectivity index (χ4v) is 7.70. The van der Waals surface area contributed by atoms with Crippen LogP contribution in [0.5, 0.6) is 0 Å². The summed E-state index contributed by atoms with van der Waals surface area (Å²) in [6.07, 6.45) is 3.65. The maximum atomic E-state index is 6.21. The smallest absolute Gasteiger partial charge is 0.164 e. The fourth-order valence-electron chi connectivity index (χ4n) is 7.70. The molecule has 0 bridgehead atoms. The lowest BCUT2D eigenvalue weighted by Gasteiger charge is -2.14. The second-order valence-electron chi connectivity index (χ2n) is 13.9. The summed E-state index contributed by atoms with van der Waals surface area (Å²) in [5.41, 5.74) is 12.3. The Labute approximate surface area is 321 Å². The predicted molar refractivity (Wildman–Crippen MR) is 225 cm³/mol. The summed E-state index contributed by atoms with van der Waals surface area (Å²) in [4.78, 5) is 19.9. The molecule has 0 saturated carbocycles. The van der Waals surface area contributed by atoms with E-state index < -0.39 is 0 Å². The zero-order chi connectivity index (χ0) is 37.0.